The zero-order valence-corrected chi connectivity index (χ0v) is 9.46. The van der Waals surface area contributed by atoms with E-state index in [1.807, 2.05) is 6.07 Å². The van der Waals surface area contributed by atoms with Crippen molar-refractivity contribution in [2.75, 3.05) is 0 Å². The monoisotopic (exact) mass is 205 g/mol. The minimum absolute atomic E-state index is 0.00752. The number of nitrogens with zero attached hydrogens (tertiary/aromatic N) is 2. The lowest BCUT2D eigenvalue weighted by atomic mass is 9.87. The summed E-state index contributed by atoms with van der Waals surface area (Å²) in [5.74, 6) is 0. The average molecular weight is 205 g/mol. The van der Waals surface area contributed by atoms with Crippen LogP contribution < -0.4 is 5.69 Å². The molecule has 0 radical (unpaired) electrons. The highest BCUT2D eigenvalue weighted by Crippen LogP contribution is 2.27. The van der Waals surface area contributed by atoms with Crippen molar-refractivity contribution in [3.63, 3.8) is 0 Å². The number of fused-ring (bicyclic) bond motifs is 1. The van der Waals surface area contributed by atoms with Crippen molar-refractivity contribution in [3.05, 3.63) is 28.3 Å². The molecule has 0 aromatic carbocycles. The lowest BCUT2D eigenvalue weighted by molar-refractivity contribution is 0.591. The Morgan fingerprint density at radius 3 is 2.67 bits per heavy atom. The Balaban J connectivity index is 2.92. The second-order valence-electron chi connectivity index (χ2n) is 4.79. The molecule has 2 rings (SSSR count). The van der Waals surface area contributed by atoms with Gasteiger partial charge in [-0.05, 0) is 17.0 Å². The van der Waals surface area contributed by atoms with Crippen LogP contribution in [0, 0.1) is 0 Å². The molecule has 0 aliphatic heterocycles. The van der Waals surface area contributed by atoms with Crippen LogP contribution in [0.1, 0.15) is 26.3 Å². The maximum atomic E-state index is 11.5. The Labute approximate surface area is 88.0 Å². The lowest BCUT2D eigenvalue weighted by Gasteiger charge is -2.19. The summed E-state index contributed by atoms with van der Waals surface area (Å²) in [7, 11) is 1.76. The molecule has 4 nitrogen and oxygen atoms in total. The topological polar surface area (TPSA) is 50.7 Å². The largest absolute Gasteiger partial charge is 0.327 e. The van der Waals surface area contributed by atoms with E-state index in [0.717, 1.165) is 11.1 Å². The first-order valence-corrected chi connectivity index (χ1v) is 4.95. The summed E-state index contributed by atoms with van der Waals surface area (Å²) in [6.07, 6.45) is 1.73. The van der Waals surface area contributed by atoms with Crippen LogP contribution in [0.3, 0.4) is 0 Å². The van der Waals surface area contributed by atoms with E-state index in [0.29, 0.717) is 5.65 Å². The number of H-pyrrole nitrogens is 1. The molecule has 0 spiro atoms. The number of imidazole rings is 1. The van der Waals surface area contributed by atoms with Crippen molar-refractivity contribution < 1.29 is 0 Å². The van der Waals surface area contributed by atoms with Crippen molar-refractivity contribution in [3.8, 4) is 0 Å². The second kappa shape index (κ2) is 2.95. The van der Waals surface area contributed by atoms with E-state index in [1.165, 1.54) is 0 Å². The molecule has 2 aromatic rings. The number of aromatic amines is 1. The van der Waals surface area contributed by atoms with Gasteiger partial charge in [0.05, 0.1) is 5.52 Å². The number of hydrogen-bond acceptors (Lipinski definition) is 2. The smallest absolute Gasteiger partial charge is 0.293 e. The van der Waals surface area contributed by atoms with Gasteiger partial charge in [0.1, 0.15) is 0 Å². The average Bonchev–Trinajstić information content (AvgIpc) is 2.41. The van der Waals surface area contributed by atoms with Gasteiger partial charge < -0.3 is 0 Å². The molecule has 0 unspecified atom stereocenters. The first kappa shape index (κ1) is 9.96. The molecule has 4 heteroatoms. The molecule has 80 valence electrons. The van der Waals surface area contributed by atoms with Crippen LogP contribution in [-0.4, -0.2) is 14.5 Å². The quantitative estimate of drug-likeness (QED) is 0.709. The summed E-state index contributed by atoms with van der Waals surface area (Å²) in [4.78, 5) is 18.4. The van der Waals surface area contributed by atoms with Gasteiger partial charge in [0, 0.05) is 13.2 Å². The van der Waals surface area contributed by atoms with Gasteiger partial charge in [0.2, 0.25) is 0 Å². The number of nitrogens with one attached hydrogen (secondary N) is 1. The highest BCUT2D eigenvalue weighted by Gasteiger charge is 2.19. The van der Waals surface area contributed by atoms with E-state index < -0.39 is 0 Å². The highest BCUT2D eigenvalue weighted by atomic mass is 16.1. The number of pyridine rings is 1. The van der Waals surface area contributed by atoms with Gasteiger partial charge in [-0.1, -0.05) is 20.8 Å². The van der Waals surface area contributed by atoms with E-state index in [1.54, 1.807) is 17.8 Å². The van der Waals surface area contributed by atoms with Crippen LogP contribution >= 0.6 is 0 Å². The van der Waals surface area contributed by atoms with E-state index in [4.69, 9.17) is 0 Å². The van der Waals surface area contributed by atoms with E-state index >= 15 is 0 Å². The zero-order valence-electron chi connectivity index (χ0n) is 9.46. The van der Waals surface area contributed by atoms with Crippen molar-refractivity contribution in [1.82, 2.24) is 14.5 Å². The first-order valence-electron chi connectivity index (χ1n) is 4.95. The third-order valence-corrected chi connectivity index (χ3v) is 2.60. The van der Waals surface area contributed by atoms with Crippen LogP contribution in [-0.2, 0) is 12.5 Å². The third-order valence-electron chi connectivity index (χ3n) is 2.60. The van der Waals surface area contributed by atoms with Gasteiger partial charge in [-0.3, -0.25) is 9.55 Å². The van der Waals surface area contributed by atoms with Crippen molar-refractivity contribution in [2.45, 2.75) is 26.2 Å². The summed E-state index contributed by atoms with van der Waals surface area (Å²) < 4.78 is 1.61. The zero-order chi connectivity index (χ0) is 11.2. The Bertz CT molecular complexity index is 557. The molecule has 0 saturated heterocycles. The minimum Gasteiger partial charge on any atom is -0.293 e. The van der Waals surface area contributed by atoms with E-state index in [-0.39, 0.29) is 11.1 Å². The molecule has 0 saturated carbocycles. The summed E-state index contributed by atoms with van der Waals surface area (Å²) >= 11 is 0. The Morgan fingerprint density at radius 2 is 2.07 bits per heavy atom. The van der Waals surface area contributed by atoms with E-state index in [2.05, 4.69) is 30.7 Å². The van der Waals surface area contributed by atoms with Crippen molar-refractivity contribution in [2.24, 2.45) is 7.05 Å². The molecule has 0 bridgehead atoms. The molecular weight excluding hydrogens is 190 g/mol. The maximum absolute atomic E-state index is 11.5. The summed E-state index contributed by atoms with van der Waals surface area (Å²) in [5.41, 5.74) is 2.58. The van der Waals surface area contributed by atoms with Gasteiger partial charge >= 0.3 is 5.69 Å². The SMILES string of the molecule is Cn1c(=O)[nH]c2nccc(C(C)(C)C)c21. The van der Waals surface area contributed by atoms with Crippen molar-refractivity contribution in [1.29, 1.82) is 0 Å². The Kier molecular flexibility index (Phi) is 1.96. The van der Waals surface area contributed by atoms with Crippen LogP contribution in [0.15, 0.2) is 17.1 Å². The van der Waals surface area contributed by atoms with E-state index in [9.17, 15) is 4.79 Å². The van der Waals surface area contributed by atoms with Gasteiger partial charge in [0.15, 0.2) is 5.65 Å². The highest BCUT2D eigenvalue weighted by molar-refractivity contribution is 5.76. The molecule has 0 aliphatic rings. The fraction of sp³-hybridized carbons (Fsp3) is 0.455. The van der Waals surface area contributed by atoms with Crippen LogP contribution in [0.25, 0.3) is 11.2 Å². The summed E-state index contributed by atoms with van der Waals surface area (Å²) in [5, 5.41) is 0. The summed E-state index contributed by atoms with van der Waals surface area (Å²) in [6.45, 7) is 6.37. The third kappa shape index (κ3) is 1.46. The Hall–Kier alpha value is -1.58. The van der Waals surface area contributed by atoms with Gasteiger partial charge in [0.25, 0.3) is 0 Å². The minimum atomic E-state index is -0.116. The van der Waals surface area contributed by atoms with Gasteiger partial charge in [-0.25, -0.2) is 9.78 Å². The number of hydrogen-bond donors (Lipinski definition) is 1. The summed E-state index contributed by atoms with van der Waals surface area (Å²) in [6, 6.07) is 1.97. The molecule has 0 amide bonds. The number of aryl methyl sites for hydroxylation is 1. The number of aromatic nitrogens is 3. The predicted molar refractivity (Wildman–Crippen MR) is 60.0 cm³/mol. The first-order chi connectivity index (χ1) is 6.91. The van der Waals surface area contributed by atoms with Crippen molar-refractivity contribution >= 4 is 11.2 Å². The molecule has 0 fully saturated rings. The lowest BCUT2D eigenvalue weighted by Crippen LogP contribution is -2.16. The second-order valence-corrected chi connectivity index (χ2v) is 4.79. The fourth-order valence-electron chi connectivity index (χ4n) is 1.78. The molecule has 2 heterocycles. The standard InChI is InChI=1S/C11H15N3O/c1-11(2,3)7-5-6-12-9-8(7)14(4)10(15)13-9/h5-6H,1-4H3,(H,12,13,15). The van der Waals surface area contributed by atoms with Crippen LogP contribution in [0.2, 0.25) is 0 Å². The Morgan fingerprint density at radius 1 is 1.40 bits per heavy atom. The number of rotatable bonds is 0. The van der Waals surface area contributed by atoms with Crippen LogP contribution in [0.5, 0.6) is 0 Å². The van der Waals surface area contributed by atoms with Gasteiger partial charge in [-0.2, -0.15) is 0 Å². The molecule has 2 aromatic heterocycles. The fourth-order valence-corrected chi connectivity index (χ4v) is 1.78. The molecule has 15 heavy (non-hydrogen) atoms. The predicted octanol–water partition coefficient (Wildman–Crippen LogP) is 1.56. The normalized spacial score (nSPS) is 12.3. The van der Waals surface area contributed by atoms with Gasteiger partial charge in [-0.15, -0.1) is 0 Å². The molecule has 0 atom stereocenters. The molecular formula is C11H15N3O. The molecule has 0 aliphatic carbocycles. The van der Waals surface area contributed by atoms with Crippen LogP contribution in [0.4, 0.5) is 0 Å². The maximum Gasteiger partial charge on any atom is 0.327 e. The molecule has 1 N–H and O–H groups in total.